The molecule has 1 atom stereocenters. The van der Waals surface area contributed by atoms with Crippen molar-refractivity contribution in [3.63, 3.8) is 0 Å². The highest BCUT2D eigenvalue weighted by Gasteiger charge is 2.49. The summed E-state index contributed by atoms with van der Waals surface area (Å²) in [7, 11) is 0. The minimum absolute atomic E-state index is 0.176. The van der Waals surface area contributed by atoms with Crippen molar-refractivity contribution in [2.45, 2.75) is 51.6 Å². The Balaban J connectivity index is 2.55. The topological polar surface area (TPSA) is 49.4 Å². The largest absolute Gasteiger partial charge is 0.340 e. The van der Waals surface area contributed by atoms with E-state index in [0.29, 0.717) is 19.3 Å². The van der Waals surface area contributed by atoms with Crippen LogP contribution in [0.1, 0.15) is 40.0 Å². The molecule has 4 nitrogen and oxygen atoms in total. The highest BCUT2D eigenvalue weighted by molar-refractivity contribution is 6.10. The molecule has 1 aliphatic rings. The lowest BCUT2D eigenvalue weighted by molar-refractivity contribution is -0.138. The third kappa shape index (κ3) is 2.41. The van der Waals surface area contributed by atoms with Crippen molar-refractivity contribution in [1.82, 2.24) is 5.32 Å². The molecule has 0 spiro atoms. The fraction of sp³-hybridized carbons (Fsp3) is 0.500. The van der Waals surface area contributed by atoms with Crippen molar-refractivity contribution >= 4 is 17.5 Å². The van der Waals surface area contributed by atoms with Gasteiger partial charge in [-0.25, -0.2) is 4.39 Å². The molecular formula is C16H21FN2O2. The molecule has 0 aliphatic carbocycles. The molecule has 0 bridgehead atoms. The molecule has 0 radical (unpaired) electrons. The van der Waals surface area contributed by atoms with Crippen molar-refractivity contribution in [1.29, 1.82) is 0 Å². The average Bonchev–Trinajstić information content (AvgIpc) is 2.50. The summed E-state index contributed by atoms with van der Waals surface area (Å²) in [6, 6.07) is 5.43. The van der Waals surface area contributed by atoms with E-state index in [1.807, 2.05) is 20.8 Å². The van der Waals surface area contributed by atoms with Gasteiger partial charge in [-0.05, 0) is 31.4 Å². The molecule has 21 heavy (non-hydrogen) atoms. The van der Waals surface area contributed by atoms with E-state index in [1.165, 1.54) is 11.0 Å². The summed E-state index contributed by atoms with van der Waals surface area (Å²) in [5.74, 6) is -0.937. The zero-order chi connectivity index (χ0) is 15.6. The Hall–Kier alpha value is -1.91. The number of rotatable bonds is 4. The van der Waals surface area contributed by atoms with Crippen LogP contribution in [0, 0.1) is 5.82 Å². The highest BCUT2D eigenvalue weighted by Crippen LogP contribution is 2.31. The predicted octanol–water partition coefficient (Wildman–Crippen LogP) is 2.63. The number of halogens is 1. The lowest BCUT2D eigenvalue weighted by Crippen LogP contribution is -2.70. The van der Waals surface area contributed by atoms with E-state index >= 15 is 0 Å². The molecule has 1 aliphatic heterocycles. The fourth-order valence-electron chi connectivity index (χ4n) is 2.88. The van der Waals surface area contributed by atoms with Crippen LogP contribution in [0.4, 0.5) is 10.1 Å². The van der Waals surface area contributed by atoms with Crippen molar-refractivity contribution in [2.75, 3.05) is 4.90 Å². The van der Waals surface area contributed by atoms with Gasteiger partial charge in [-0.2, -0.15) is 0 Å². The van der Waals surface area contributed by atoms with Crippen LogP contribution in [-0.2, 0) is 9.59 Å². The van der Waals surface area contributed by atoms with Gasteiger partial charge in [-0.15, -0.1) is 0 Å². The van der Waals surface area contributed by atoms with E-state index in [2.05, 4.69) is 5.32 Å². The van der Waals surface area contributed by atoms with Crippen molar-refractivity contribution in [2.24, 2.45) is 0 Å². The van der Waals surface area contributed by atoms with Crippen LogP contribution >= 0.6 is 0 Å². The number of piperazine rings is 1. The molecule has 1 N–H and O–H groups in total. The van der Waals surface area contributed by atoms with Gasteiger partial charge >= 0.3 is 0 Å². The first-order valence-electron chi connectivity index (χ1n) is 7.41. The number of benzene rings is 1. The summed E-state index contributed by atoms with van der Waals surface area (Å²) in [6.45, 7) is 5.53. The maximum Gasteiger partial charge on any atom is 0.253 e. The van der Waals surface area contributed by atoms with Crippen molar-refractivity contribution < 1.29 is 14.0 Å². The summed E-state index contributed by atoms with van der Waals surface area (Å²) in [4.78, 5) is 26.6. The van der Waals surface area contributed by atoms with Crippen LogP contribution in [0.15, 0.2) is 24.3 Å². The zero-order valence-corrected chi connectivity index (χ0v) is 12.6. The Labute approximate surface area is 124 Å². The number of carbonyl (C=O) groups is 2. The SMILES string of the molecule is CCC1C(=O)NC(CC)(CC)C(=O)N1c1ccccc1F. The molecule has 2 amide bonds. The van der Waals surface area contributed by atoms with Crippen LogP contribution in [0.3, 0.4) is 0 Å². The number of hydrogen-bond donors (Lipinski definition) is 1. The monoisotopic (exact) mass is 292 g/mol. The maximum atomic E-state index is 14.1. The highest BCUT2D eigenvalue weighted by atomic mass is 19.1. The number of nitrogens with zero attached hydrogens (tertiary/aromatic N) is 1. The molecule has 1 aromatic carbocycles. The molecule has 1 heterocycles. The Morgan fingerprint density at radius 1 is 1.19 bits per heavy atom. The lowest BCUT2D eigenvalue weighted by atomic mass is 9.86. The second-order valence-electron chi connectivity index (χ2n) is 5.33. The summed E-state index contributed by atoms with van der Waals surface area (Å²) in [6.07, 6.45) is 1.40. The normalized spacial score (nSPS) is 21.3. The molecule has 5 heteroatoms. The van der Waals surface area contributed by atoms with E-state index in [0.717, 1.165) is 0 Å². The van der Waals surface area contributed by atoms with E-state index in [-0.39, 0.29) is 17.5 Å². The number of amides is 2. The number of carbonyl (C=O) groups excluding carboxylic acids is 2. The molecule has 1 unspecified atom stereocenters. The molecule has 1 saturated heterocycles. The van der Waals surface area contributed by atoms with E-state index in [9.17, 15) is 14.0 Å². The summed E-state index contributed by atoms with van der Waals surface area (Å²) >= 11 is 0. The Morgan fingerprint density at radius 3 is 2.33 bits per heavy atom. The Morgan fingerprint density at radius 2 is 1.81 bits per heavy atom. The molecule has 0 aromatic heterocycles. The number of anilines is 1. The molecular weight excluding hydrogens is 271 g/mol. The smallest absolute Gasteiger partial charge is 0.253 e. The van der Waals surface area contributed by atoms with Crippen molar-refractivity contribution in [3.8, 4) is 0 Å². The fourth-order valence-corrected chi connectivity index (χ4v) is 2.88. The predicted molar refractivity (Wildman–Crippen MR) is 79.4 cm³/mol. The average molecular weight is 292 g/mol. The van der Waals surface area contributed by atoms with Gasteiger partial charge in [0.1, 0.15) is 17.4 Å². The Bertz CT molecular complexity index is 555. The minimum atomic E-state index is -0.939. The number of nitrogens with one attached hydrogen (secondary N) is 1. The second kappa shape index (κ2) is 5.84. The van der Waals surface area contributed by atoms with Crippen LogP contribution in [0.25, 0.3) is 0 Å². The molecule has 1 aromatic rings. The lowest BCUT2D eigenvalue weighted by Gasteiger charge is -2.45. The zero-order valence-electron chi connectivity index (χ0n) is 12.6. The summed E-state index contributed by atoms with van der Waals surface area (Å²) < 4.78 is 14.1. The van der Waals surface area contributed by atoms with Crippen LogP contribution in [0.5, 0.6) is 0 Å². The van der Waals surface area contributed by atoms with Crippen molar-refractivity contribution in [3.05, 3.63) is 30.1 Å². The standard InChI is InChI=1S/C16H21FN2O2/c1-4-12-14(20)18-16(5-2,6-3)15(21)19(12)13-10-8-7-9-11(13)17/h7-10,12H,4-6H2,1-3H3,(H,18,20). The van der Waals surface area contributed by atoms with Gasteiger partial charge in [0, 0.05) is 0 Å². The molecule has 0 saturated carbocycles. The third-order valence-electron chi connectivity index (χ3n) is 4.31. The van der Waals surface area contributed by atoms with Gasteiger partial charge in [0.2, 0.25) is 5.91 Å². The van der Waals surface area contributed by atoms with Crippen LogP contribution in [-0.4, -0.2) is 23.4 Å². The molecule has 114 valence electrons. The van der Waals surface area contributed by atoms with E-state index in [1.54, 1.807) is 18.2 Å². The molecule has 1 fully saturated rings. The molecule has 2 rings (SSSR count). The van der Waals surface area contributed by atoms with E-state index < -0.39 is 17.4 Å². The first-order valence-corrected chi connectivity index (χ1v) is 7.41. The second-order valence-corrected chi connectivity index (χ2v) is 5.33. The third-order valence-corrected chi connectivity index (χ3v) is 4.31. The first kappa shape index (κ1) is 15.5. The first-order chi connectivity index (χ1) is 10.0. The number of para-hydroxylation sites is 1. The van der Waals surface area contributed by atoms with Gasteiger partial charge in [0.15, 0.2) is 0 Å². The van der Waals surface area contributed by atoms with E-state index in [4.69, 9.17) is 0 Å². The van der Waals surface area contributed by atoms with Gasteiger partial charge in [0.05, 0.1) is 5.69 Å². The minimum Gasteiger partial charge on any atom is -0.340 e. The van der Waals surface area contributed by atoms with Gasteiger partial charge in [0.25, 0.3) is 5.91 Å². The number of hydrogen-bond acceptors (Lipinski definition) is 2. The van der Waals surface area contributed by atoms with Crippen LogP contribution in [0.2, 0.25) is 0 Å². The maximum absolute atomic E-state index is 14.1. The summed E-state index contributed by atoms with van der Waals surface area (Å²) in [5, 5.41) is 2.85. The summed E-state index contributed by atoms with van der Waals surface area (Å²) in [5.41, 5.74) is -0.763. The van der Waals surface area contributed by atoms with Crippen LogP contribution < -0.4 is 10.2 Å². The van der Waals surface area contributed by atoms with Gasteiger partial charge < -0.3 is 5.32 Å². The Kier molecular flexibility index (Phi) is 4.30. The quantitative estimate of drug-likeness (QED) is 0.927. The van der Waals surface area contributed by atoms with Gasteiger partial charge in [-0.3, -0.25) is 14.5 Å². The van der Waals surface area contributed by atoms with Gasteiger partial charge in [-0.1, -0.05) is 32.9 Å².